The molecule has 2 aromatic carbocycles. The number of phenols is 1. The van der Waals surface area contributed by atoms with Crippen molar-refractivity contribution in [3.63, 3.8) is 0 Å². The molecule has 5 nitrogen and oxygen atoms in total. The van der Waals surface area contributed by atoms with Crippen molar-refractivity contribution in [2.24, 2.45) is 0 Å². The molecule has 0 aliphatic carbocycles. The van der Waals surface area contributed by atoms with Gasteiger partial charge in [-0.15, -0.1) is 0 Å². The minimum Gasteiger partial charge on any atom is -0.507 e. The van der Waals surface area contributed by atoms with Crippen LogP contribution in [0.5, 0.6) is 17.2 Å². The predicted molar refractivity (Wildman–Crippen MR) is 88.6 cm³/mol. The lowest BCUT2D eigenvalue weighted by Crippen LogP contribution is -2.04. The molecule has 3 aromatic rings. The Bertz CT molecular complexity index is 897. The number of fused-ring (bicyclic) bond motifs is 1. The van der Waals surface area contributed by atoms with E-state index in [1.807, 2.05) is 0 Å². The second kappa shape index (κ2) is 5.96. The number of halogens is 1. The van der Waals surface area contributed by atoms with Crippen molar-refractivity contribution in [1.82, 2.24) is 0 Å². The van der Waals surface area contributed by atoms with E-state index in [9.17, 15) is 9.90 Å². The molecule has 1 aromatic heterocycles. The van der Waals surface area contributed by atoms with Gasteiger partial charge < -0.3 is 19.0 Å². The summed E-state index contributed by atoms with van der Waals surface area (Å²) in [5.41, 5.74) is 1.20. The van der Waals surface area contributed by atoms with Gasteiger partial charge in [-0.05, 0) is 46.3 Å². The molecule has 1 N–H and O–H groups in total. The van der Waals surface area contributed by atoms with E-state index in [1.165, 1.54) is 26.5 Å². The van der Waals surface area contributed by atoms with Crippen molar-refractivity contribution in [3.8, 4) is 17.2 Å². The first kappa shape index (κ1) is 15.4. The highest BCUT2D eigenvalue weighted by Gasteiger charge is 2.21. The van der Waals surface area contributed by atoms with Crippen LogP contribution >= 0.6 is 15.9 Å². The Morgan fingerprint density at radius 3 is 2.61 bits per heavy atom. The number of hydrogen-bond donors (Lipinski definition) is 1. The third kappa shape index (κ3) is 2.66. The van der Waals surface area contributed by atoms with Gasteiger partial charge >= 0.3 is 0 Å². The maximum atomic E-state index is 12.9. The standard InChI is InChI=1S/C17H13BrO5/c1-21-9-3-4-15(22-2)11(5-9)17(20)12-8-23-16-7-13(18)14(19)6-10(12)16/h3-8,19H,1-2H3. The molecule has 0 radical (unpaired) electrons. The number of ether oxygens (including phenoxy) is 2. The molecule has 23 heavy (non-hydrogen) atoms. The van der Waals surface area contributed by atoms with Crippen LogP contribution in [0.2, 0.25) is 0 Å². The average molecular weight is 377 g/mol. The molecular weight excluding hydrogens is 364 g/mol. The minimum atomic E-state index is -0.277. The number of furan rings is 1. The van der Waals surface area contributed by atoms with Gasteiger partial charge in [-0.25, -0.2) is 0 Å². The minimum absolute atomic E-state index is 0.0329. The van der Waals surface area contributed by atoms with Gasteiger partial charge in [-0.3, -0.25) is 4.79 Å². The van der Waals surface area contributed by atoms with E-state index in [1.54, 1.807) is 24.3 Å². The maximum absolute atomic E-state index is 12.9. The summed E-state index contributed by atoms with van der Waals surface area (Å²) in [4.78, 5) is 12.9. The molecule has 0 saturated heterocycles. The lowest BCUT2D eigenvalue weighted by Gasteiger charge is -2.09. The van der Waals surface area contributed by atoms with E-state index in [0.29, 0.717) is 38.1 Å². The molecule has 0 unspecified atom stereocenters. The molecule has 6 heteroatoms. The van der Waals surface area contributed by atoms with Crippen LogP contribution in [0.15, 0.2) is 45.5 Å². The second-order valence-electron chi connectivity index (χ2n) is 4.84. The van der Waals surface area contributed by atoms with Crippen LogP contribution in [0.25, 0.3) is 11.0 Å². The third-order valence-corrected chi connectivity index (χ3v) is 4.17. The zero-order valence-electron chi connectivity index (χ0n) is 12.4. The first-order chi connectivity index (χ1) is 11.0. The highest BCUT2D eigenvalue weighted by Crippen LogP contribution is 2.34. The Morgan fingerprint density at radius 1 is 1.13 bits per heavy atom. The fraction of sp³-hybridized carbons (Fsp3) is 0.118. The Labute approximate surface area is 140 Å². The molecule has 0 amide bonds. The largest absolute Gasteiger partial charge is 0.507 e. The van der Waals surface area contributed by atoms with Crippen LogP contribution in [0, 0.1) is 0 Å². The Kier molecular flexibility index (Phi) is 4.00. The van der Waals surface area contributed by atoms with Gasteiger partial charge in [-0.1, -0.05) is 0 Å². The van der Waals surface area contributed by atoms with E-state index in [4.69, 9.17) is 13.9 Å². The summed E-state index contributed by atoms with van der Waals surface area (Å²) in [6.45, 7) is 0. The monoisotopic (exact) mass is 376 g/mol. The van der Waals surface area contributed by atoms with E-state index >= 15 is 0 Å². The molecule has 0 aliphatic rings. The summed E-state index contributed by atoms with van der Waals surface area (Å²) in [6.07, 6.45) is 1.37. The molecule has 0 atom stereocenters. The van der Waals surface area contributed by atoms with E-state index < -0.39 is 0 Å². The number of rotatable bonds is 4. The van der Waals surface area contributed by atoms with Crippen molar-refractivity contribution in [1.29, 1.82) is 0 Å². The zero-order valence-corrected chi connectivity index (χ0v) is 14.0. The van der Waals surface area contributed by atoms with Crippen molar-refractivity contribution >= 4 is 32.7 Å². The number of methoxy groups -OCH3 is 2. The highest BCUT2D eigenvalue weighted by atomic mass is 79.9. The van der Waals surface area contributed by atoms with E-state index in [0.717, 1.165) is 0 Å². The van der Waals surface area contributed by atoms with Gasteiger partial charge in [0.2, 0.25) is 5.78 Å². The molecule has 0 fully saturated rings. The summed E-state index contributed by atoms with van der Waals surface area (Å²) in [6, 6.07) is 8.10. The second-order valence-corrected chi connectivity index (χ2v) is 5.70. The van der Waals surface area contributed by atoms with Gasteiger partial charge in [0.25, 0.3) is 0 Å². The molecule has 0 spiro atoms. The van der Waals surface area contributed by atoms with Gasteiger partial charge in [0.05, 0.1) is 29.8 Å². The topological polar surface area (TPSA) is 68.9 Å². The zero-order chi connectivity index (χ0) is 16.6. The van der Waals surface area contributed by atoms with Crippen LogP contribution < -0.4 is 9.47 Å². The Morgan fingerprint density at radius 2 is 1.91 bits per heavy atom. The summed E-state index contributed by atoms with van der Waals surface area (Å²) in [5.74, 6) is 0.741. The SMILES string of the molecule is COc1ccc(OC)c(C(=O)c2coc3cc(Br)c(O)cc23)c1. The number of aromatic hydroxyl groups is 1. The molecule has 0 bridgehead atoms. The number of benzene rings is 2. The van der Waals surface area contributed by atoms with Crippen LogP contribution in [0.3, 0.4) is 0 Å². The average Bonchev–Trinajstić information content (AvgIpc) is 2.96. The van der Waals surface area contributed by atoms with Crippen LogP contribution in [-0.4, -0.2) is 25.1 Å². The quantitative estimate of drug-likeness (QED) is 0.692. The van der Waals surface area contributed by atoms with Crippen LogP contribution in [0.1, 0.15) is 15.9 Å². The number of ketones is 1. The smallest absolute Gasteiger partial charge is 0.200 e. The number of hydrogen-bond acceptors (Lipinski definition) is 5. The maximum Gasteiger partial charge on any atom is 0.200 e. The fourth-order valence-electron chi connectivity index (χ4n) is 2.35. The van der Waals surface area contributed by atoms with Crippen molar-refractivity contribution in [2.75, 3.05) is 14.2 Å². The van der Waals surface area contributed by atoms with Crippen molar-refractivity contribution in [2.45, 2.75) is 0 Å². The van der Waals surface area contributed by atoms with Crippen LogP contribution in [-0.2, 0) is 0 Å². The van der Waals surface area contributed by atoms with Crippen LogP contribution in [0.4, 0.5) is 0 Å². The molecule has 3 rings (SSSR count). The van der Waals surface area contributed by atoms with Gasteiger partial charge in [0.15, 0.2) is 0 Å². The Balaban J connectivity index is 2.16. The number of carbonyl (C=O) groups is 1. The summed E-state index contributed by atoms with van der Waals surface area (Å²) >= 11 is 3.22. The summed E-state index contributed by atoms with van der Waals surface area (Å²) < 4.78 is 16.3. The highest BCUT2D eigenvalue weighted by molar-refractivity contribution is 9.10. The molecular formula is C17H13BrO5. The molecule has 1 heterocycles. The number of carbonyl (C=O) groups excluding carboxylic acids is 1. The normalized spacial score (nSPS) is 10.7. The third-order valence-electron chi connectivity index (χ3n) is 3.54. The molecule has 118 valence electrons. The summed E-state index contributed by atoms with van der Waals surface area (Å²) in [7, 11) is 3.02. The van der Waals surface area contributed by atoms with Crippen molar-refractivity contribution < 1.29 is 23.8 Å². The first-order valence-corrected chi connectivity index (χ1v) is 7.51. The molecule has 0 aliphatic heterocycles. The fourth-order valence-corrected chi connectivity index (χ4v) is 2.67. The van der Waals surface area contributed by atoms with Gasteiger partial charge in [-0.2, -0.15) is 0 Å². The van der Waals surface area contributed by atoms with Gasteiger partial charge in [0.1, 0.15) is 29.1 Å². The predicted octanol–water partition coefficient (Wildman–Crippen LogP) is 4.15. The van der Waals surface area contributed by atoms with E-state index in [-0.39, 0.29) is 11.5 Å². The number of phenolic OH excluding ortho intramolecular Hbond substituents is 1. The van der Waals surface area contributed by atoms with E-state index in [2.05, 4.69) is 15.9 Å². The first-order valence-electron chi connectivity index (χ1n) is 6.71. The Hall–Kier alpha value is -2.47. The lowest BCUT2D eigenvalue weighted by molar-refractivity contribution is 0.103. The van der Waals surface area contributed by atoms with Gasteiger partial charge in [0, 0.05) is 5.39 Å². The van der Waals surface area contributed by atoms with Crippen molar-refractivity contribution in [3.05, 3.63) is 52.2 Å². The molecule has 0 saturated carbocycles. The summed E-state index contributed by atoms with van der Waals surface area (Å²) in [5, 5.41) is 10.4. The lowest BCUT2D eigenvalue weighted by atomic mass is 10.0.